The molecule has 27 heavy (non-hydrogen) atoms. The number of amides is 1. The second kappa shape index (κ2) is 8.17. The molecule has 4 rings (SSSR count). The van der Waals surface area contributed by atoms with E-state index in [4.69, 9.17) is 15.0 Å². The van der Waals surface area contributed by atoms with Gasteiger partial charge in [0.15, 0.2) is 5.82 Å². The molecule has 1 atom stereocenters. The maximum absolute atomic E-state index is 11.6. The lowest BCUT2D eigenvalue weighted by atomic mass is 9.59. The number of nitrogens with zero attached hydrogens (tertiary/aromatic N) is 2. The van der Waals surface area contributed by atoms with E-state index in [1.807, 2.05) is 20.8 Å². The third-order valence-corrected chi connectivity index (χ3v) is 5.94. The Morgan fingerprint density at radius 3 is 2.63 bits per heavy atom. The average molecular weight is 379 g/mol. The summed E-state index contributed by atoms with van der Waals surface area (Å²) in [5.41, 5.74) is 6.09. The van der Waals surface area contributed by atoms with Gasteiger partial charge >= 0.3 is 6.09 Å². The molecule has 7 nitrogen and oxygen atoms in total. The number of rotatable bonds is 7. The van der Waals surface area contributed by atoms with E-state index in [1.165, 1.54) is 38.5 Å². The molecule has 3 N–H and O–H groups in total. The lowest BCUT2D eigenvalue weighted by Crippen LogP contribution is -2.36. The van der Waals surface area contributed by atoms with Gasteiger partial charge in [-0.1, -0.05) is 5.16 Å². The lowest BCUT2D eigenvalue weighted by molar-refractivity contribution is 0.0526. The number of alkyl carbamates (subject to hydrolysis) is 1. The van der Waals surface area contributed by atoms with Crippen molar-refractivity contribution in [3.63, 3.8) is 0 Å². The van der Waals surface area contributed by atoms with Crippen molar-refractivity contribution in [3.05, 3.63) is 11.7 Å². The van der Waals surface area contributed by atoms with Gasteiger partial charge in [0.25, 0.3) is 0 Å². The first kappa shape index (κ1) is 20.1. The van der Waals surface area contributed by atoms with Crippen molar-refractivity contribution in [3.8, 4) is 0 Å². The lowest BCUT2D eigenvalue weighted by Gasteiger charge is -2.46. The van der Waals surface area contributed by atoms with E-state index >= 15 is 0 Å². The Morgan fingerprint density at radius 1 is 1.33 bits per heavy atom. The molecule has 3 aliphatic rings. The largest absolute Gasteiger partial charge is 0.444 e. The van der Waals surface area contributed by atoms with Crippen LogP contribution in [0, 0.1) is 11.3 Å². The molecule has 0 aromatic carbocycles. The van der Waals surface area contributed by atoms with Gasteiger partial charge < -0.3 is 20.3 Å². The summed E-state index contributed by atoms with van der Waals surface area (Å²) in [6, 6.07) is -0.300. The number of hydrogen-bond donors (Lipinski definition) is 2. The molecule has 0 saturated heterocycles. The zero-order chi connectivity index (χ0) is 19.5. The highest BCUT2D eigenvalue weighted by atomic mass is 16.6. The van der Waals surface area contributed by atoms with Gasteiger partial charge in [0, 0.05) is 13.0 Å². The van der Waals surface area contributed by atoms with Gasteiger partial charge in [-0.3, -0.25) is 0 Å². The normalized spacial score (nSPS) is 26.0. The van der Waals surface area contributed by atoms with Gasteiger partial charge in [0.1, 0.15) is 5.60 Å². The van der Waals surface area contributed by atoms with Crippen LogP contribution in [0.3, 0.4) is 0 Å². The molecule has 0 unspecified atom stereocenters. The fourth-order valence-electron chi connectivity index (χ4n) is 4.38. The molecule has 0 radical (unpaired) electrons. The first-order valence-corrected chi connectivity index (χ1v) is 10.3. The summed E-state index contributed by atoms with van der Waals surface area (Å²) in [6.45, 7) is 6.03. The Labute approximate surface area is 161 Å². The van der Waals surface area contributed by atoms with Crippen LogP contribution in [0.5, 0.6) is 0 Å². The topological polar surface area (TPSA) is 103 Å². The second-order valence-corrected chi connectivity index (χ2v) is 9.39. The minimum Gasteiger partial charge on any atom is -0.444 e. The molecule has 1 heterocycles. The number of nitrogens with two attached hydrogens (primary N) is 1. The minimum atomic E-state index is -0.488. The van der Waals surface area contributed by atoms with Crippen molar-refractivity contribution in [2.24, 2.45) is 17.1 Å². The first-order chi connectivity index (χ1) is 12.7. The van der Waals surface area contributed by atoms with Crippen LogP contribution in [-0.4, -0.2) is 28.4 Å². The molecule has 1 amide bonds. The predicted octanol–water partition coefficient (Wildman–Crippen LogP) is 3.89. The highest BCUT2D eigenvalue weighted by Crippen LogP contribution is 2.51. The molecule has 1 aromatic rings. The van der Waals surface area contributed by atoms with Crippen LogP contribution >= 0.6 is 0 Å². The van der Waals surface area contributed by atoms with Crippen LogP contribution in [0.4, 0.5) is 4.79 Å². The molecule has 3 fully saturated rings. The number of nitrogens with one attached hydrogen (secondary N) is 1. The zero-order valence-corrected chi connectivity index (χ0v) is 16.9. The van der Waals surface area contributed by atoms with Gasteiger partial charge in [0.05, 0.1) is 6.04 Å². The predicted molar refractivity (Wildman–Crippen MR) is 102 cm³/mol. The molecule has 2 bridgehead atoms. The van der Waals surface area contributed by atoms with Gasteiger partial charge in [-0.2, -0.15) is 4.98 Å². The van der Waals surface area contributed by atoms with Crippen LogP contribution < -0.4 is 11.1 Å². The molecule has 152 valence electrons. The minimum absolute atomic E-state index is 0.300. The Kier molecular flexibility index (Phi) is 6.08. The summed E-state index contributed by atoms with van der Waals surface area (Å²) < 4.78 is 10.6. The Hall–Kier alpha value is -1.63. The maximum Gasteiger partial charge on any atom is 0.407 e. The Bertz CT molecular complexity index is 616. The van der Waals surface area contributed by atoms with Crippen LogP contribution in [0.1, 0.15) is 89.9 Å². The fraction of sp³-hybridized carbons (Fsp3) is 0.850. The number of hydrogen-bond acceptors (Lipinski definition) is 6. The standard InChI is InChI=1S/C20H34N4O3/c1-19(2,3)26-18(25)22-12-4-5-15(21)17-23-16(24-27-17)13-20-9-6-14(7-10-20)8-11-20/h14-15H,4-13,21H2,1-3H3,(H,22,25)/t14?,15-,20?/m0/s1. The third kappa shape index (κ3) is 5.67. The highest BCUT2D eigenvalue weighted by molar-refractivity contribution is 5.67. The van der Waals surface area contributed by atoms with E-state index in [-0.39, 0.29) is 6.04 Å². The van der Waals surface area contributed by atoms with E-state index < -0.39 is 11.7 Å². The number of aromatic nitrogens is 2. The van der Waals surface area contributed by atoms with E-state index in [1.54, 1.807) is 0 Å². The van der Waals surface area contributed by atoms with Crippen molar-refractivity contribution in [2.75, 3.05) is 6.54 Å². The Balaban J connectivity index is 1.41. The monoisotopic (exact) mass is 378 g/mol. The number of fused-ring (bicyclic) bond motifs is 3. The number of carbonyl (C=O) groups excluding carboxylic acids is 1. The summed E-state index contributed by atoms with van der Waals surface area (Å²) in [5.74, 6) is 2.26. The summed E-state index contributed by atoms with van der Waals surface area (Å²) in [5, 5.41) is 6.92. The fourth-order valence-corrected chi connectivity index (χ4v) is 4.38. The molecule has 3 saturated carbocycles. The summed E-state index contributed by atoms with van der Waals surface area (Å²) in [4.78, 5) is 16.2. The average Bonchev–Trinajstić information content (AvgIpc) is 3.06. The van der Waals surface area contributed by atoms with Crippen LogP contribution in [0.25, 0.3) is 0 Å². The molecule has 1 aromatic heterocycles. The third-order valence-electron chi connectivity index (χ3n) is 5.94. The highest BCUT2D eigenvalue weighted by Gasteiger charge is 2.41. The number of carbonyl (C=O) groups is 1. The molecule has 0 spiro atoms. The van der Waals surface area contributed by atoms with Crippen molar-refractivity contribution in [2.45, 2.75) is 90.2 Å². The van der Waals surface area contributed by atoms with E-state index in [0.29, 0.717) is 24.3 Å². The molecule has 0 aliphatic heterocycles. The zero-order valence-electron chi connectivity index (χ0n) is 16.9. The maximum atomic E-state index is 11.6. The number of ether oxygens (including phenoxy) is 1. The van der Waals surface area contributed by atoms with Gasteiger partial charge in [-0.25, -0.2) is 4.79 Å². The smallest absolute Gasteiger partial charge is 0.407 e. The molecular formula is C20H34N4O3. The summed E-state index contributed by atoms with van der Waals surface area (Å²) >= 11 is 0. The van der Waals surface area contributed by atoms with Crippen molar-refractivity contribution in [1.82, 2.24) is 15.5 Å². The quantitative estimate of drug-likeness (QED) is 0.698. The van der Waals surface area contributed by atoms with E-state index in [0.717, 1.165) is 24.6 Å². The van der Waals surface area contributed by atoms with Crippen LogP contribution in [0.2, 0.25) is 0 Å². The van der Waals surface area contributed by atoms with Crippen molar-refractivity contribution >= 4 is 6.09 Å². The molecule has 7 heteroatoms. The van der Waals surface area contributed by atoms with Crippen molar-refractivity contribution < 1.29 is 14.1 Å². The molecule has 3 aliphatic carbocycles. The summed E-state index contributed by atoms with van der Waals surface area (Å²) in [7, 11) is 0. The van der Waals surface area contributed by atoms with Gasteiger partial charge in [0.2, 0.25) is 5.89 Å². The SMILES string of the molecule is CC(C)(C)OC(=O)NCCC[C@H](N)c1nc(CC23CCC(CC2)CC3)no1. The summed E-state index contributed by atoms with van der Waals surface area (Å²) in [6.07, 6.45) is 9.86. The Morgan fingerprint density at radius 2 is 2.00 bits per heavy atom. The second-order valence-electron chi connectivity index (χ2n) is 9.39. The van der Waals surface area contributed by atoms with Gasteiger partial charge in [-0.15, -0.1) is 0 Å². The van der Waals surface area contributed by atoms with Crippen LogP contribution in [0.15, 0.2) is 4.52 Å². The van der Waals surface area contributed by atoms with E-state index in [9.17, 15) is 4.79 Å². The molecular weight excluding hydrogens is 344 g/mol. The van der Waals surface area contributed by atoms with Crippen molar-refractivity contribution in [1.29, 1.82) is 0 Å². The van der Waals surface area contributed by atoms with Gasteiger partial charge in [-0.05, 0) is 83.5 Å². The van der Waals surface area contributed by atoms with E-state index in [2.05, 4.69) is 15.5 Å². The van der Waals surface area contributed by atoms with Crippen LogP contribution in [-0.2, 0) is 11.2 Å². The first-order valence-electron chi connectivity index (χ1n) is 10.3.